The number of carbonyl (C=O) groups is 2. The van der Waals surface area contributed by atoms with Crippen molar-refractivity contribution in [3.63, 3.8) is 0 Å². The van der Waals surface area contributed by atoms with Crippen LogP contribution in [0.1, 0.15) is 23.2 Å². The predicted octanol–water partition coefficient (Wildman–Crippen LogP) is 2.09. The van der Waals surface area contributed by atoms with E-state index < -0.39 is 0 Å². The van der Waals surface area contributed by atoms with Crippen molar-refractivity contribution < 1.29 is 9.59 Å². The van der Waals surface area contributed by atoms with Crippen molar-refractivity contribution in [2.24, 2.45) is 0 Å². The zero-order chi connectivity index (χ0) is 14.3. The van der Waals surface area contributed by atoms with Gasteiger partial charge >= 0.3 is 0 Å². The zero-order valence-electron chi connectivity index (χ0n) is 11.3. The number of hydrogen-bond donors (Lipinski definition) is 1. The molecule has 1 aromatic rings. The first-order valence-electron chi connectivity index (χ1n) is 6.19. The van der Waals surface area contributed by atoms with Crippen molar-refractivity contribution in [1.29, 1.82) is 0 Å². The highest BCUT2D eigenvalue weighted by molar-refractivity contribution is 9.10. The summed E-state index contributed by atoms with van der Waals surface area (Å²) in [7, 11) is 3.90. The van der Waals surface area contributed by atoms with Crippen molar-refractivity contribution in [3.05, 3.63) is 34.3 Å². The SMILES string of the molecule is CN(C)CCNC(=O)CCC(=O)c1ccc(Br)cc1. The fourth-order valence-corrected chi connectivity index (χ4v) is 1.78. The number of rotatable bonds is 7. The Kier molecular flexibility index (Phi) is 6.73. The van der Waals surface area contributed by atoms with Crippen molar-refractivity contribution in [2.45, 2.75) is 12.8 Å². The van der Waals surface area contributed by atoms with Gasteiger partial charge in [0, 0.05) is 36.0 Å². The van der Waals surface area contributed by atoms with Crippen molar-refractivity contribution in [3.8, 4) is 0 Å². The van der Waals surface area contributed by atoms with E-state index in [9.17, 15) is 9.59 Å². The number of halogens is 1. The summed E-state index contributed by atoms with van der Waals surface area (Å²) < 4.78 is 0.936. The Hall–Kier alpha value is -1.20. The van der Waals surface area contributed by atoms with Crippen LogP contribution in [0.5, 0.6) is 0 Å². The minimum absolute atomic E-state index is 0.00439. The van der Waals surface area contributed by atoms with Crippen LogP contribution in [0.2, 0.25) is 0 Å². The van der Waals surface area contributed by atoms with Gasteiger partial charge in [-0.25, -0.2) is 0 Å². The first-order chi connectivity index (χ1) is 8.99. The average Bonchev–Trinajstić information content (AvgIpc) is 2.36. The van der Waals surface area contributed by atoms with Crippen LogP contribution in [-0.2, 0) is 4.79 Å². The molecule has 19 heavy (non-hydrogen) atoms. The number of benzene rings is 1. The van der Waals surface area contributed by atoms with Crippen molar-refractivity contribution in [2.75, 3.05) is 27.2 Å². The van der Waals surface area contributed by atoms with Gasteiger partial charge in [0.25, 0.3) is 0 Å². The monoisotopic (exact) mass is 326 g/mol. The van der Waals surface area contributed by atoms with Gasteiger partial charge in [0.05, 0.1) is 0 Å². The molecule has 0 aliphatic carbocycles. The molecule has 0 aliphatic rings. The van der Waals surface area contributed by atoms with Gasteiger partial charge in [0.2, 0.25) is 5.91 Å². The van der Waals surface area contributed by atoms with E-state index in [0.29, 0.717) is 12.1 Å². The highest BCUT2D eigenvalue weighted by Crippen LogP contribution is 2.12. The first kappa shape index (κ1) is 15.9. The maximum absolute atomic E-state index is 11.8. The third-order valence-electron chi connectivity index (χ3n) is 2.63. The molecule has 0 aromatic heterocycles. The Balaban J connectivity index is 2.30. The maximum Gasteiger partial charge on any atom is 0.220 e. The molecule has 104 valence electrons. The van der Waals surface area contributed by atoms with Crippen LogP contribution in [0.4, 0.5) is 0 Å². The second-order valence-electron chi connectivity index (χ2n) is 4.58. The molecule has 0 fully saturated rings. The summed E-state index contributed by atoms with van der Waals surface area (Å²) in [5.41, 5.74) is 0.643. The molecule has 5 heteroatoms. The van der Waals surface area contributed by atoms with Gasteiger partial charge in [-0.3, -0.25) is 9.59 Å². The van der Waals surface area contributed by atoms with E-state index in [1.807, 2.05) is 31.1 Å². The van der Waals surface area contributed by atoms with E-state index in [-0.39, 0.29) is 24.5 Å². The molecule has 1 rings (SSSR count). The highest BCUT2D eigenvalue weighted by Gasteiger charge is 2.08. The molecule has 1 amide bonds. The van der Waals surface area contributed by atoms with Gasteiger partial charge in [-0.05, 0) is 26.2 Å². The fourth-order valence-electron chi connectivity index (χ4n) is 1.51. The molecule has 0 unspecified atom stereocenters. The number of ketones is 1. The molecular weight excluding hydrogens is 308 g/mol. The highest BCUT2D eigenvalue weighted by atomic mass is 79.9. The predicted molar refractivity (Wildman–Crippen MR) is 79.3 cm³/mol. The Morgan fingerprint density at radius 2 is 1.79 bits per heavy atom. The normalized spacial score (nSPS) is 10.5. The quantitative estimate of drug-likeness (QED) is 0.780. The van der Waals surface area contributed by atoms with Gasteiger partial charge in [-0.1, -0.05) is 28.1 Å². The summed E-state index contributed by atoms with van der Waals surface area (Å²) in [6.07, 6.45) is 0.484. The Morgan fingerprint density at radius 3 is 2.37 bits per heavy atom. The number of Topliss-reactive ketones (excluding diaryl/α,β-unsaturated/α-hetero) is 1. The van der Waals surface area contributed by atoms with Gasteiger partial charge in [-0.2, -0.15) is 0 Å². The number of nitrogens with one attached hydrogen (secondary N) is 1. The number of hydrogen-bond acceptors (Lipinski definition) is 3. The lowest BCUT2D eigenvalue weighted by Crippen LogP contribution is -2.31. The minimum atomic E-state index is -0.0766. The molecule has 0 atom stereocenters. The van der Waals surface area contributed by atoms with E-state index in [2.05, 4.69) is 21.2 Å². The topological polar surface area (TPSA) is 49.4 Å². The molecule has 0 bridgehead atoms. The number of carbonyl (C=O) groups excluding carboxylic acids is 2. The summed E-state index contributed by atoms with van der Waals surface area (Å²) >= 11 is 3.32. The fraction of sp³-hybridized carbons (Fsp3) is 0.429. The van der Waals surface area contributed by atoms with Crippen LogP contribution < -0.4 is 5.32 Å². The van der Waals surface area contributed by atoms with E-state index in [4.69, 9.17) is 0 Å². The minimum Gasteiger partial charge on any atom is -0.355 e. The van der Waals surface area contributed by atoms with Gasteiger partial charge < -0.3 is 10.2 Å². The molecule has 0 aliphatic heterocycles. The summed E-state index contributed by atoms with van der Waals surface area (Å²) in [6.45, 7) is 1.41. The van der Waals surface area contributed by atoms with E-state index in [1.54, 1.807) is 12.1 Å². The molecular formula is C14H19BrN2O2. The van der Waals surface area contributed by atoms with Gasteiger partial charge in [0.15, 0.2) is 5.78 Å². The summed E-state index contributed by atoms with van der Waals surface area (Å²) in [5, 5.41) is 2.79. The molecule has 0 saturated carbocycles. The molecule has 1 N–H and O–H groups in total. The van der Waals surface area contributed by atoms with Gasteiger partial charge in [0.1, 0.15) is 0 Å². The molecule has 0 heterocycles. The van der Waals surface area contributed by atoms with E-state index in [0.717, 1.165) is 11.0 Å². The molecule has 0 spiro atoms. The van der Waals surface area contributed by atoms with Crippen LogP contribution in [0, 0.1) is 0 Å². The standard InChI is InChI=1S/C14H19BrN2O2/c1-17(2)10-9-16-14(19)8-7-13(18)11-3-5-12(15)6-4-11/h3-6H,7-10H2,1-2H3,(H,16,19). The van der Waals surface area contributed by atoms with Crippen molar-refractivity contribution >= 4 is 27.6 Å². The lowest BCUT2D eigenvalue weighted by Gasteiger charge is -2.10. The van der Waals surface area contributed by atoms with Crippen molar-refractivity contribution in [1.82, 2.24) is 10.2 Å². The van der Waals surface area contributed by atoms with Gasteiger partial charge in [-0.15, -0.1) is 0 Å². The summed E-state index contributed by atoms with van der Waals surface area (Å²) in [5.74, 6) is -0.0810. The van der Waals surface area contributed by atoms with Crippen LogP contribution in [0.25, 0.3) is 0 Å². The van der Waals surface area contributed by atoms with Crippen LogP contribution in [0.3, 0.4) is 0 Å². The third kappa shape index (κ3) is 6.50. The molecule has 0 saturated heterocycles. The Bertz CT molecular complexity index is 430. The van der Waals surface area contributed by atoms with Crippen LogP contribution >= 0.6 is 15.9 Å². The third-order valence-corrected chi connectivity index (χ3v) is 3.16. The molecule has 1 aromatic carbocycles. The maximum atomic E-state index is 11.8. The summed E-state index contributed by atoms with van der Waals surface area (Å²) in [4.78, 5) is 25.4. The van der Waals surface area contributed by atoms with Crippen LogP contribution in [0.15, 0.2) is 28.7 Å². The second kappa shape index (κ2) is 8.07. The Morgan fingerprint density at radius 1 is 1.16 bits per heavy atom. The van der Waals surface area contributed by atoms with E-state index in [1.165, 1.54) is 0 Å². The number of likely N-dealkylation sites (N-methyl/N-ethyl adjacent to an activating group) is 1. The lowest BCUT2D eigenvalue weighted by atomic mass is 10.1. The van der Waals surface area contributed by atoms with Crippen LogP contribution in [-0.4, -0.2) is 43.8 Å². The number of amides is 1. The molecule has 0 radical (unpaired) electrons. The lowest BCUT2D eigenvalue weighted by molar-refractivity contribution is -0.121. The zero-order valence-corrected chi connectivity index (χ0v) is 12.9. The smallest absolute Gasteiger partial charge is 0.220 e. The Labute approximate surface area is 122 Å². The summed E-state index contributed by atoms with van der Waals surface area (Å²) in [6, 6.07) is 7.17. The largest absolute Gasteiger partial charge is 0.355 e. The van der Waals surface area contributed by atoms with E-state index >= 15 is 0 Å². The number of nitrogens with zero attached hydrogens (tertiary/aromatic N) is 1. The first-order valence-corrected chi connectivity index (χ1v) is 6.98. The average molecular weight is 327 g/mol. The second-order valence-corrected chi connectivity index (χ2v) is 5.50. The molecule has 4 nitrogen and oxygen atoms in total.